The highest BCUT2D eigenvalue weighted by Crippen LogP contribution is 2.25. The molecule has 0 heterocycles. The topological polar surface area (TPSA) is 31.2 Å². The van der Waals surface area contributed by atoms with E-state index in [-0.39, 0.29) is 10.6 Å². The Morgan fingerprint density at radius 2 is 2.08 bits per heavy atom. The average molecular weight is 221 g/mol. The fourth-order valence-corrected chi connectivity index (χ4v) is 1.21. The second-order valence-electron chi connectivity index (χ2n) is 2.01. The average Bonchev–Trinajstić information content (AvgIpc) is 2.08. The van der Waals surface area contributed by atoms with Crippen molar-refractivity contribution in [2.24, 2.45) is 0 Å². The van der Waals surface area contributed by atoms with Gasteiger partial charge in [-0.25, -0.2) is 4.79 Å². The third-order valence-electron chi connectivity index (χ3n) is 1.27. The van der Waals surface area contributed by atoms with Gasteiger partial charge in [-0.2, -0.15) is 0 Å². The SMILES string of the molecule is O=C([N+]S)c1cccc(Cl)c1Cl. The van der Waals surface area contributed by atoms with Crippen molar-refractivity contribution in [3.63, 3.8) is 0 Å². The molecule has 1 aromatic rings. The lowest BCUT2D eigenvalue weighted by Gasteiger charge is -1.95. The van der Waals surface area contributed by atoms with Gasteiger partial charge in [0.1, 0.15) is 5.56 Å². The number of hydrogen-bond acceptors (Lipinski definition) is 2. The van der Waals surface area contributed by atoms with Gasteiger partial charge in [0.15, 0.2) is 12.8 Å². The van der Waals surface area contributed by atoms with Crippen molar-refractivity contribution in [3.8, 4) is 0 Å². The Kier molecular flexibility index (Phi) is 3.40. The van der Waals surface area contributed by atoms with Gasteiger partial charge in [0.25, 0.3) is 0 Å². The summed E-state index contributed by atoms with van der Waals surface area (Å²) in [5.74, 6) is -0.495. The Bertz CT molecular complexity index is 316. The fourth-order valence-electron chi connectivity index (χ4n) is 0.723. The predicted molar refractivity (Wildman–Crippen MR) is 51.9 cm³/mol. The molecule has 5 heteroatoms. The molecule has 2 nitrogen and oxygen atoms in total. The van der Waals surface area contributed by atoms with Crippen LogP contribution in [-0.2, 0) is 0 Å². The van der Waals surface area contributed by atoms with Crippen LogP contribution in [-0.4, -0.2) is 5.91 Å². The number of benzene rings is 1. The quantitative estimate of drug-likeness (QED) is 0.726. The van der Waals surface area contributed by atoms with E-state index >= 15 is 0 Å². The van der Waals surface area contributed by atoms with E-state index in [2.05, 4.69) is 17.5 Å². The van der Waals surface area contributed by atoms with Gasteiger partial charge in [0, 0.05) is 0 Å². The van der Waals surface area contributed by atoms with Gasteiger partial charge in [-0.15, -0.1) is 0 Å². The molecule has 0 aliphatic carbocycles. The summed E-state index contributed by atoms with van der Waals surface area (Å²) in [6.45, 7) is 0. The molecule has 1 rings (SSSR count). The van der Waals surface area contributed by atoms with Gasteiger partial charge in [-0.05, 0) is 12.1 Å². The van der Waals surface area contributed by atoms with E-state index in [1.807, 2.05) is 0 Å². The molecule has 0 saturated carbocycles. The highest BCUT2D eigenvalue weighted by molar-refractivity contribution is 7.78. The summed E-state index contributed by atoms with van der Waals surface area (Å²) >= 11 is 14.9. The summed E-state index contributed by atoms with van der Waals surface area (Å²) in [4.78, 5) is 11.0. The summed E-state index contributed by atoms with van der Waals surface area (Å²) in [6.07, 6.45) is 0. The summed E-state index contributed by atoms with van der Waals surface area (Å²) < 4.78 is 3.17. The van der Waals surface area contributed by atoms with Crippen LogP contribution in [0.4, 0.5) is 0 Å². The summed E-state index contributed by atoms with van der Waals surface area (Å²) in [5.41, 5.74) is 0.263. The Morgan fingerprint density at radius 1 is 1.42 bits per heavy atom. The molecule has 0 spiro atoms. The molecule has 0 bridgehead atoms. The highest BCUT2D eigenvalue weighted by Gasteiger charge is 2.22. The molecule has 1 aromatic carbocycles. The number of carbonyl (C=O) groups is 1. The lowest BCUT2D eigenvalue weighted by Crippen LogP contribution is -2.06. The zero-order valence-electron chi connectivity index (χ0n) is 5.79. The number of rotatable bonds is 1. The number of carbonyl (C=O) groups excluding carboxylic acids is 1. The van der Waals surface area contributed by atoms with Gasteiger partial charge >= 0.3 is 5.91 Å². The number of nitrogens with zero attached hydrogens (tertiary/aromatic N) is 1. The molecule has 0 aliphatic rings. The van der Waals surface area contributed by atoms with Crippen LogP contribution in [0.5, 0.6) is 0 Å². The van der Waals surface area contributed by atoms with Crippen LogP contribution in [0.25, 0.3) is 0 Å². The predicted octanol–water partition coefficient (Wildman–Crippen LogP) is 2.58. The number of hydrogen-bond donors (Lipinski definition) is 1. The summed E-state index contributed by atoms with van der Waals surface area (Å²) in [6, 6.07) is 4.76. The third-order valence-corrected chi connectivity index (χ3v) is 2.27. The second-order valence-corrected chi connectivity index (χ2v) is 2.99. The van der Waals surface area contributed by atoms with Crippen LogP contribution in [0, 0.1) is 0 Å². The van der Waals surface area contributed by atoms with Crippen molar-refractivity contribution < 1.29 is 4.79 Å². The Labute approximate surface area is 85.4 Å². The Morgan fingerprint density at radius 3 is 2.67 bits per heavy atom. The molecule has 0 N–H and O–H groups in total. The Hall–Kier alpha value is -0.220. The summed E-state index contributed by atoms with van der Waals surface area (Å²) in [5, 5.41) is 0.543. The third kappa shape index (κ3) is 1.93. The first kappa shape index (κ1) is 9.86. The largest absolute Gasteiger partial charge is 0.470 e. The van der Waals surface area contributed by atoms with Crippen molar-refractivity contribution in [1.29, 1.82) is 0 Å². The van der Waals surface area contributed by atoms with Crippen molar-refractivity contribution in [3.05, 3.63) is 33.8 Å². The standard InChI is InChI=1S/C7H4Cl2NOS/c8-5-3-1-2-4(6(5)9)7(11)10-12/h1-3,12H/q+1. The lowest BCUT2D eigenvalue weighted by atomic mass is 10.2. The second kappa shape index (κ2) is 4.14. The molecule has 0 aliphatic heterocycles. The maximum absolute atomic E-state index is 11.0. The molecule has 1 amide bonds. The molecular formula is C7H4Cl2NOS+. The number of halogens is 2. The van der Waals surface area contributed by atoms with E-state index in [9.17, 15) is 4.79 Å². The molecular weight excluding hydrogens is 217 g/mol. The van der Waals surface area contributed by atoms with E-state index in [0.717, 1.165) is 0 Å². The van der Waals surface area contributed by atoms with Crippen LogP contribution >= 0.6 is 36.0 Å². The molecule has 0 unspecified atom stereocenters. The van der Waals surface area contributed by atoms with Crippen LogP contribution in [0.1, 0.15) is 10.4 Å². The van der Waals surface area contributed by atoms with Gasteiger partial charge in [0.2, 0.25) is 4.72 Å². The Balaban J connectivity index is 3.16. The zero-order valence-corrected chi connectivity index (χ0v) is 8.20. The van der Waals surface area contributed by atoms with Crippen LogP contribution in [0.15, 0.2) is 18.2 Å². The maximum Gasteiger partial charge on any atom is 0.470 e. The van der Waals surface area contributed by atoms with E-state index in [0.29, 0.717) is 5.02 Å². The molecule has 12 heavy (non-hydrogen) atoms. The molecule has 2 radical (unpaired) electrons. The normalized spacial score (nSPS) is 9.92. The minimum Gasteiger partial charge on any atom is -0.212 e. The van der Waals surface area contributed by atoms with E-state index < -0.39 is 5.91 Å². The van der Waals surface area contributed by atoms with E-state index in [1.54, 1.807) is 12.1 Å². The fraction of sp³-hybridized carbons (Fsp3) is 0. The highest BCUT2D eigenvalue weighted by atomic mass is 35.5. The number of amides is 1. The molecule has 0 saturated heterocycles. The molecule has 0 aromatic heterocycles. The van der Waals surface area contributed by atoms with Gasteiger partial charge in [-0.1, -0.05) is 29.3 Å². The minimum atomic E-state index is -0.495. The van der Waals surface area contributed by atoms with Crippen molar-refractivity contribution in [2.45, 2.75) is 0 Å². The van der Waals surface area contributed by atoms with Crippen molar-refractivity contribution >= 4 is 41.9 Å². The monoisotopic (exact) mass is 220 g/mol. The molecule has 62 valence electrons. The molecule has 0 fully saturated rings. The van der Waals surface area contributed by atoms with Gasteiger partial charge in [0.05, 0.1) is 10.0 Å². The maximum atomic E-state index is 11.0. The van der Waals surface area contributed by atoms with E-state index in [1.165, 1.54) is 6.07 Å². The van der Waals surface area contributed by atoms with Gasteiger partial charge in [-0.3, -0.25) is 0 Å². The first-order valence-electron chi connectivity index (χ1n) is 3.00. The summed E-state index contributed by atoms with van der Waals surface area (Å²) in [7, 11) is 0. The smallest absolute Gasteiger partial charge is 0.212 e. The lowest BCUT2D eigenvalue weighted by molar-refractivity contribution is 0.0982. The minimum absolute atomic E-state index is 0.210. The molecule has 0 atom stereocenters. The van der Waals surface area contributed by atoms with E-state index in [4.69, 9.17) is 23.2 Å². The van der Waals surface area contributed by atoms with Crippen molar-refractivity contribution in [2.75, 3.05) is 0 Å². The first-order chi connectivity index (χ1) is 5.66. The van der Waals surface area contributed by atoms with Crippen LogP contribution in [0.2, 0.25) is 10.0 Å². The van der Waals surface area contributed by atoms with Gasteiger partial charge < -0.3 is 0 Å². The van der Waals surface area contributed by atoms with Crippen molar-refractivity contribution in [1.82, 2.24) is 4.72 Å². The first-order valence-corrected chi connectivity index (χ1v) is 4.16. The van der Waals surface area contributed by atoms with Crippen LogP contribution in [0.3, 0.4) is 0 Å². The zero-order chi connectivity index (χ0) is 9.14. The number of thiol groups is 1. The van der Waals surface area contributed by atoms with Crippen LogP contribution < -0.4 is 4.72 Å².